The summed E-state index contributed by atoms with van der Waals surface area (Å²) in [6.45, 7) is 0.670. The highest BCUT2D eigenvalue weighted by atomic mass is 19.4. The molecule has 0 aliphatic rings. The van der Waals surface area contributed by atoms with Crippen molar-refractivity contribution in [2.75, 3.05) is 6.61 Å². The SMILES string of the molecule is CCOC(=O)C(C#N)c1ccc2ccccc2c1C(F)(F)C(F)(F)C(F)(F)C(F)(F)C(F)(F)C(F)(F)F. The molecule has 0 bridgehead atoms. The molecule has 0 aromatic heterocycles. The molecule has 16 heteroatoms. The topological polar surface area (TPSA) is 50.1 Å². The van der Waals surface area contributed by atoms with Gasteiger partial charge in [-0.25, -0.2) is 0 Å². The second-order valence-electron chi connectivity index (χ2n) is 7.43. The van der Waals surface area contributed by atoms with Gasteiger partial charge < -0.3 is 4.74 Å². The lowest BCUT2D eigenvalue weighted by molar-refractivity contribution is -0.441. The van der Waals surface area contributed by atoms with Gasteiger partial charge in [-0.05, 0) is 23.3 Å². The molecule has 0 N–H and O–H groups in total. The highest BCUT2D eigenvalue weighted by molar-refractivity contribution is 5.91. The molecular weight excluding hydrogens is 545 g/mol. The van der Waals surface area contributed by atoms with Crippen LogP contribution < -0.4 is 0 Å². The molecule has 1 atom stereocenters. The van der Waals surface area contributed by atoms with E-state index in [-0.39, 0.29) is 0 Å². The van der Waals surface area contributed by atoms with Gasteiger partial charge in [-0.15, -0.1) is 0 Å². The Bertz CT molecular complexity index is 1220. The fourth-order valence-corrected chi connectivity index (χ4v) is 3.28. The molecule has 0 aliphatic heterocycles. The van der Waals surface area contributed by atoms with E-state index in [0.29, 0.717) is 12.1 Å². The molecule has 0 fully saturated rings. The number of nitriles is 1. The number of carbonyl (C=O) groups is 1. The number of hydrogen-bond donors (Lipinski definition) is 0. The Balaban J connectivity index is 2.94. The lowest BCUT2D eigenvalue weighted by Crippen LogP contribution is -2.69. The Kier molecular flexibility index (Phi) is 7.49. The number of alkyl halides is 13. The van der Waals surface area contributed by atoms with Crippen molar-refractivity contribution in [1.29, 1.82) is 5.26 Å². The molecule has 0 aliphatic carbocycles. The summed E-state index contributed by atoms with van der Waals surface area (Å²) in [6.07, 6.45) is -7.55. The van der Waals surface area contributed by atoms with Crippen LogP contribution in [0.25, 0.3) is 10.8 Å². The standard InChI is InChI=1S/C21H12F13NO2/c1-2-37-15(36)13(9-35)12-8-7-10-5-3-4-6-11(10)14(12)16(22,23)17(24,25)18(26,27)19(28,29)20(30,31)21(32,33)34/h3-8,13H,2H2,1H3. The smallest absolute Gasteiger partial charge is 0.460 e. The van der Waals surface area contributed by atoms with Crippen molar-refractivity contribution in [3.8, 4) is 6.07 Å². The molecule has 0 heterocycles. The lowest BCUT2D eigenvalue weighted by Gasteiger charge is -2.40. The van der Waals surface area contributed by atoms with Crippen LogP contribution in [0, 0.1) is 11.3 Å². The first-order valence-corrected chi connectivity index (χ1v) is 9.69. The normalized spacial score (nSPS) is 14.8. The zero-order valence-corrected chi connectivity index (χ0v) is 17.9. The van der Waals surface area contributed by atoms with Crippen LogP contribution in [0.2, 0.25) is 0 Å². The van der Waals surface area contributed by atoms with Crippen LogP contribution in [0.5, 0.6) is 0 Å². The Morgan fingerprint density at radius 2 is 1.32 bits per heavy atom. The molecule has 204 valence electrons. The Labute approximate surface area is 198 Å². The van der Waals surface area contributed by atoms with Gasteiger partial charge >= 0.3 is 41.8 Å². The van der Waals surface area contributed by atoms with Gasteiger partial charge in [0.05, 0.1) is 12.7 Å². The third kappa shape index (κ3) is 4.31. The molecule has 0 saturated carbocycles. The van der Waals surface area contributed by atoms with Crippen molar-refractivity contribution in [1.82, 2.24) is 0 Å². The summed E-state index contributed by atoms with van der Waals surface area (Å²) >= 11 is 0. The number of nitrogens with zero attached hydrogens (tertiary/aromatic N) is 1. The number of hydrogen-bond acceptors (Lipinski definition) is 3. The summed E-state index contributed by atoms with van der Waals surface area (Å²) in [5.74, 6) is -42.5. The second-order valence-corrected chi connectivity index (χ2v) is 7.43. The van der Waals surface area contributed by atoms with Crippen LogP contribution in [-0.2, 0) is 15.5 Å². The highest BCUT2D eigenvalue weighted by Gasteiger charge is 2.91. The van der Waals surface area contributed by atoms with E-state index in [1.165, 1.54) is 6.92 Å². The molecule has 0 amide bonds. The molecular formula is C21H12F13NO2. The molecule has 37 heavy (non-hydrogen) atoms. The van der Waals surface area contributed by atoms with E-state index in [9.17, 15) is 58.4 Å². The highest BCUT2D eigenvalue weighted by Crippen LogP contribution is 2.63. The minimum atomic E-state index is -8.09. The number of rotatable bonds is 8. The first-order chi connectivity index (χ1) is 16.6. The van der Waals surface area contributed by atoms with Crippen molar-refractivity contribution >= 4 is 16.7 Å². The quantitative estimate of drug-likeness (QED) is 0.255. The van der Waals surface area contributed by atoms with Gasteiger partial charge in [0.1, 0.15) is 0 Å². The summed E-state index contributed by atoms with van der Waals surface area (Å²) in [4.78, 5) is 12.1. The monoisotopic (exact) mass is 557 g/mol. The molecule has 2 aromatic rings. The largest absolute Gasteiger partial charge is 0.465 e. The summed E-state index contributed by atoms with van der Waals surface area (Å²) in [7, 11) is 0. The third-order valence-electron chi connectivity index (χ3n) is 5.17. The van der Waals surface area contributed by atoms with E-state index in [1.54, 1.807) is 0 Å². The van der Waals surface area contributed by atoms with Crippen LogP contribution in [0.15, 0.2) is 36.4 Å². The molecule has 0 saturated heterocycles. The summed E-state index contributed by atoms with van der Waals surface area (Å²) in [5.41, 5.74) is -3.83. The predicted molar refractivity (Wildman–Crippen MR) is 98.7 cm³/mol. The number of carbonyl (C=O) groups excluding carboxylic acids is 1. The van der Waals surface area contributed by atoms with Crippen LogP contribution >= 0.6 is 0 Å². The van der Waals surface area contributed by atoms with E-state index >= 15 is 8.78 Å². The predicted octanol–water partition coefficient (Wildman–Crippen LogP) is 7.21. The van der Waals surface area contributed by atoms with Crippen molar-refractivity contribution in [2.24, 2.45) is 0 Å². The van der Waals surface area contributed by atoms with Gasteiger partial charge in [0.15, 0.2) is 5.92 Å². The van der Waals surface area contributed by atoms with E-state index in [4.69, 9.17) is 0 Å². The van der Waals surface area contributed by atoms with Crippen molar-refractivity contribution in [3.05, 3.63) is 47.5 Å². The van der Waals surface area contributed by atoms with Crippen molar-refractivity contribution in [2.45, 2.75) is 48.6 Å². The van der Waals surface area contributed by atoms with Crippen molar-refractivity contribution < 1.29 is 66.6 Å². The molecule has 0 spiro atoms. The summed E-state index contributed by atoms with van der Waals surface area (Å²) in [6, 6.07) is 5.78. The van der Waals surface area contributed by atoms with Gasteiger partial charge in [-0.3, -0.25) is 4.79 Å². The average molecular weight is 557 g/mol. The third-order valence-corrected chi connectivity index (χ3v) is 5.17. The first-order valence-electron chi connectivity index (χ1n) is 9.69. The maximum Gasteiger partial charge on any atom is 0.460 e. The van der Waals surface area contributed by atoms with E-state index in [1.807, 2.05) is 0 Å². The minimum absolute atomic E-state index is 0.396. The Morgan fingerprint density at radius 1 is 0.811 bits per heavy atom. The minimum Gasteiger partial charge on any atom is -0.465 e. The Morgan fingerprint density at radius 3 is 1.81 bits per heavy atom. The van der Waals surface area contributed by atoms with Gasteiger partial charge in [0.2, 0.25) is 0 Å². The number of esters is 1. The maximum absolute atomic E-state index is 15.2. The van der Waals surface area contributed by atoms with Crippen LogP contribution in [0.1, 0.15) is 24.0 Å². The molecule has 0 radical (unpaired) electrons. The number of halogens is 13. The number of benzene rings is 2. The van der Waals surface area contributed by atoms with Gasteiger partial charge in [0.25, 0.3) is 0 Å². The van der Waals surface area contributed by atoms with Gasteiger partial charge in [-0.2, -0.15) is 62.3 Å². The zero-order valence-electron chi connectivity index (χ0n) is 17.9. The average Bonchev–Trinajstić information content (AvgIpc) is 2.78. The fourth-order valence-electron chi connectivity index (χ4n) is 3.28. The number of ether oxygens (including phenoxy) is 1. The number of fused-ring (bicyclic) bond motifs is 1. The van der Waals surface area contributed by atoms with Gasteiger partial charge in [0, 0.05) is 5.56 Å². The fraction of sp³-hybridized carbons (Fsp3) is 0.429. The molecule has 1 unspecified atom stereocenters. The summed E-state index contributed by atoms with van der Waals surface area (Å²) in [5, 5.41) is 7.66. The van der Waals surface area contributed by atoms with Gasteiger partial charge in [-0.1, -0.05) is 36.4 Å². The maximum atomic E-state index is 15.2. The van der Waals surface area contributed by atoms with E-state index in [2.05, 4.69) is 4.74 Å². The zero-order chi connectivity index (χ0) is 28.8. The molecule has 2 aromatic carbocycles. The van der Waals surface area contributed by atoms with E-state index in [0.717, 1.165) is 30.3 Å². The van der Waals surface area contributed by atoms with Crippen LogP contribution in [0.3, 0.4) is 0 Å². The molecule has 3 nitrogen and oxygen atoms in total. The van der Waals surface area contributed by atoms with Crippen molar-refractivity contribution in [3.63, 3.8) is 0 Å². The van der Waals surface area contributed by atoms with Crippen LogP contribution in [-0.4, -0.2) is 42.4 Å². The van der Waals surface area contributed by atoms with E-state index < -0.39 is 76.2 Å². The lowest BCUT2D eigenvalue weighted by atomic mass is 9.83. The first kappa shape index (κ1) is 30.0. The summed E-state index contributed by atoms with van der Waals surface area (Å²) < 4.78 is 183. The second kappa shape index (κ2) is 9.25. The molecule has 2 rings (SSSR count). The Hall–Kier alpha value is -3.25. The van der Waals surface area contributed by atoms with Crippen LogP contribution in [0.4, 0.5) is 57.1 Å².